The van der Waals surface area contributed by atoms with Crippen LogP contribution in [0.4, 0.5) is 0 Å². The van der Waals surface area contributed by atoms with E-state index in [0.717, 1.165) is 29.5 Å². The molecule has 1 heterocycles. The Bertz CT molecular complexity index is 463. The Morgan fingerprint density at radius 2 is 2.19 bits per heavy atom. The second-order valence-electron chi connectivity index (χ2n) is 5.05. The fourth-order valence-electron chi connectivity index (χ4n) is 2.30. The van der Waals surface area contributed by atoms with Gasteiger partial charge in [0.05, 0.1) is 5.60 Å². The molecule has 0 unspecified atom stereocenters. The maximum atomic E-state index is 11.8. The van der Waals surface area contributed by atoms with E-state index >= 15 is 0 Å². The van der Waals surface area contributed by atoms with E-state index in [-0.39, 0.29) is 5.91 Å². The van der Waals surface area contributed by atoms with Crippen molar-refractivity contribution in [2.45, 2.75) is 31.4 Å². The molecule has 0 radical (unpaired) electrons. The van der Waals surface area contributed by atoms with Crippen molar-refractivity contribution in [1.29, 1.82) is 0 Å². The maximum absolute atomic E-state index is 11.8. The van der Waals surface area contributed by atoms with Crippen LogP contribution >= 0.6 is 0 Å². The SMILES string of the molecule is CN1Cc2ccc(CC3(O)CC3)cc2C1=O. The molecular weight excluding hydrogens is 202 g/mol. The minimum Gasteiger partial charge on any atom is -0.390 e. The van der Waals surface area contributed by atoms with E-state index in [2.05, 4.69) is 0 Å². The van der Waals surface area contributed by atoms with Gasteiger partial charge in [-0.1, -0.05) is 12.1 Å². The summed E-state index contributed by atoms with van der Waals surface area (Å²) in [6.07, 6.45) is 2.45. The molecule has 0 spiro atoms. The van der Waals surface area contributed by atoms with Gasteiger partial charge in [-0.25, -0.2) is 0 Å². The second-order valence-corrected chi connectivity index (χ2v) is 5.05. The largest absolute Gasteiger partial charge is 0.390 e. The Morgan fingerprint density at radius 1 is 1.44 bits per heavy atom. The molecule has 1 amide bonds. The fraction of sp³-hybridized carbons (Fsp3) is 0.462. The van der Waals surface area contributed by atoms with Crippen molar-refractivity contribution < 1.29 is 9.90 Å². The molecule has 3 nitrogen and oxygen atoms in total. The first-order chi connectivity index (χ1) is 7.57. The van der Waals surface area contributed by atoms with Gasteiger partial charge in [-0.2, -0.15) is 0 Å². The predicted octanol–water partition coefficient (Wildman–Crippen LogP) is 1.34. The van der Waals surface area contributed by atoms with Gasteiger partial charge in [0, 0.05) is 25.6 Å². The number of carbonyl (C=O) groups excluding carboxylic acids is 1. The van der Waals surface area contributed by atoms with Crippen molar-refractivity contribution >= 4 is 5.91 Å². The summed E-state index contributed by atoms with van der Waals surface area (Å²) < 4.78 is 0. The monoisotopic (exact) mass is 217 g/mol. The number of fused-ring (bicyclic) bond motifs is 1. The van der Waals surface area contributed by atoms with Crippen molar-refractivity contribution in [1.82, 2.24) is 4.90 Å². The van der Waals surface area contributed by atoms with E-state index in [0.29, 0.717) is 13.0 Å². The van der Waals surface area contributed by atoms with Gasteiger partial charge in [-0.3, -0.25) is 4.79 Å². The van der Waals surface area contributed by atoms with Crippen LogP contribution in [-0.4, -0.2) is 28.6 Å². The Kier molecular flexibility index (Phi) is 1.89. The number of amides is 1. The van der Waals surface area contributed by atoms with Crippen molar-refractivity contribution in [3.05, 3.63) is 34.9 Å². The molecule has 1 aromatic carbocycles. The van der Waals surface area contributed by atoms with E-state index < -0.39 is 5.60 Å². The van der Waals surface area contributed by atoms with Crippen LogP contribution in [0.25, 0.3) is 0 Å². The lowest BCUT2D eigenvalue weighted by molar-refractivity contribution is 0.0816. The Balaban J connectivity index is 1.91. The third-order valence-corrected chi connectivity index (χ3v) is 3.52. The molecular formula is C13H15NO2. The summed E-state index contributed by atoms with van der Waals surface area (Å²) in [5.41, 5.74) is 2.49. The molecule has 0 saturated heterocycles. The summed E-state index contributed by atoms with van der Waals surface area (Å²) in [5.74, 6) is 0.0969. The van der Waals surface area contributed by atoms with Crippen LogP contribution in [0.2, 0.25) is 0 Å². The van der Waals surface area contributed by atoms with E-state index in [4.69, 9.17) is 0 Å². The lowest BCUT2D eigenvalue weighted by Crippen LogP contribution is -2.17. The first-order valence-corrected chi connectivity index (χ1v) is 5.67. The molecule has 0 bridgehead atoms. The number of hydrogen-bond acceptors (Lipinski definition) is 2. The van der Waals surface area contributed by atoms with Crippen molar-refractivity contribution in [3.8, 4) is 0 Å². The zero-order valence-corrected chi connectivity index (χ0v) is 9.36. The Morgan fingerprint density at radius 3 is 2.88 bits per heavy atom. The van der Waals surface area contributed by atoms with Gasteiger partial charge in [0.2, 0.25) is 0 Å². The molecule has 16 heavy (non-hydrogen) atoms. The topological polar surface area (TPSA) is 40.5 Å². The molecule has 1 aromatic rings. The zero-order valence-electron chi connectivity index (χ0n) is 9.36. The quantitative estimate of drug-likeness (QED) is 0.812. The minimum absolute atomic E-state index is 0.0969. The van der Waals surface area contributed by atoms with Gasteiger partial charge in [0.1, 0.15) is 0 Å². The normalized spacial score (nSPS) is 21.1. The average Bonchev–Trinajstić information content (AvgIpc) is 2.90. The lowest BCUT2D eigenvalue weighted by Gasteiger charge is -2.08. The average molecular weight is 217 g/mol. The summed E-state index contributed by atoms with van der Waals surface area (Å²) >= 11 is 0. The summed E-state index contributed by atoms with van der Waals surface area (Å²) in [7, 11) is 1.82. The van der Waals surface area contributed by atoms with E-state index in [1.807, 2.05) is 25.2 Å². The Labute approximate surface area is 94.7 Å². The van der Waals surface area contributed by atoms with Gasteiger partial charge in [-0.05, 0) is 30.0 Å². The smallest absolute Gasteiger partial charge is 0.254 e. The Hall–Kier alpha value is -1.35. The predicted molar refractivity (Wildman–Crippen MR) is 60.1 cm³/mol. The minimum atomic E-state index is -0.484. The van der Waals surface area contributed by atoms with Crippen LogP contribution in [0, 0.1) is 0 Å². The molecule has 0 aromatic heterocycles. The van der Waals surface area contributed by atoms with Crippen LogP contribution < -0.4 is 0 Å². The van der Waals surface area contributed by atoms with Crippen molar-refractivity contribution in [3.63, 3.8) is 0 Å². The fourth-order valence-corrected chi connectivity index (χ4v) is 2.30. The molecule has 3 heteroatoms. The lowest BCUT2D eigenvalue weighted by atomic mass is 10.0. The van der Waals surface area contributed by atoms with Crippen LogP contribution in [0.3, 0.4) is 0 Å². The molecule has 1 fully saturated rings. The molecule has 1 aliphatic carbocycles. The van der Waals surface area contributed by atoms with Gasteiger partial charge < -0.3 is 10.0 Å². The number of benzene rings is 1. The number of rotatable bonds is 2. The van der Waals surface area contributed by atoms with Gasteiger partial charge in [-0.15, -0.1) is 0 Å². The summed E-state index contributed by atoms with van der Waals surface area (Å²) in [4.78, 5) is 13.5. The molecule has 3 rings (SSSR count). The summed E-state index contributed by atoms with van der Waals surface area (Å²) in [5, 5.41) is 9.85. The molecule has 2 aliphatic rings. The highest BCUT2D eigenvalue weighted by Crippen LogP contribution is 2.38. The highest BCUT2D eigenvalue weighted by atomic mass is 16.3. The standard InChI is InChI=1S/C13H15NO2/c1-14-8-10-3-2-9(6-11(10)12(14)15)7-13(16)4-5-13/h2-3,6,16H,4-5,7-8H2,1H3. The van der Waals surface area contributed by atoms with Crippen molar-refractivity contribution in [2.75, 3.05) is 7.05 Å². The summed E-state index contributed by atoms with van der Waals surface area (Å²) in [6.45, 7) is 0.707. The number of aliphatic hydroxyl groups is 1. The number of carbonyl (C=O) groups is 1. The number of hydrogen-bond donors (Lipinski definition) is 1. The van der Waals surface area contributed by atoms with Crippen LogP contribution in [-0.2, 0) is 13.0 Å². The van der Waals surface area contributed by atoms with E-state index in [1.54, 1.807) is 4.90 Å². The highest BCUT2D eigenvalue weighted by molar-refractivity contribution is 5.98. The van der Waals surface area contributed by atoms with E-state index in [9.17, 15) is 9.90 Å². The summed E-state index contributed by atoms with van der Waals surface area (Å²) in [6, 6.07) is 5.98. The second kappa shape index (κ2) is 3.08. The van der Waals surface area contributed by atoms with Gasteiger partial charge >= 0.3 is 0 Å². The third kappa shape index (κ3) is 1.52. The molecule has 1 N–H and O–H groups in total. The molecule has 1 aliphatic heterocycles. The highest BCUT2D eigenvalue weighted by Gasteiger charge is 2.40. The molecule has 84 valence electrons. The van der Waals surface area contributed by atoms with Crippen LogP contribution in [0.1, 0.15) is 34.3 Å². The molecule has 0 atom stereocenters. The third-order valence-electron chi connectivity index (χ3n) is 3.52. The zero-order chi connectivity index (χ0) is 11.3. The van der Waals surface area contributed by atoms with Crippen molar-refractivity contribution in [2.24, 2.45) is 0 Å². The van der Waals surface area contributed by atoms with Gasteiger partial charge in [0.15, 0.2) is 0 Å². The first-order valence-electron chi connectivity index (χ1n) is 5.67. The van der Waals surface area contributed by atoms with E-state index in [1.165, 1.54) is 0 Å². The molecule has 1 saturated carbocycles. The maximum Gasteiger partial charge on any atom is 0.254 e. The number of nitrogens with zero attached hydrogens (tertiary/aromatic N) is 1. The van der Waals surface area contributed by atoms with Crippen LogP contribution in [0.15, 0.2) is 18.2 Å². The first kappa shape index (κ1) is 9.85. The van der Waals surface area contributed by atoms with Crippen LogP contribution in [0.5, 0.6) is 0 Å². The van der Waals surface area contributed by atoms with Gasteiger partial charge in [0.25, 0.3) is 5.91 Å².